The third-order valence-electron chi connectivity index (χ3n) is 7.49. The Hall–Kier alpha value is -3.41. The number of halogens is 4. The molecule has 1 unspecified atom stereocenters. The number of nitrogens with zero attached hydrogens (tertiary/aromatic N) is 3. The van der Waals surface area contributed by atoms with E-state index in [0.29, 0.717) is 30.2 Å². The van der Waals surface area contributed by atoms with Gasteiger partial charge in [0, 0.05) is 29.2 Å². The maximum absolute atomic E-state index is 12.8. The minimum absolute atomic E-state index is 0.187. The van der Waals surface area contributed by atoms with Crippen LogP contribution in [0.4, 0.5) is 19.0 Å². The van der Waals surface area contributed by atoms with Crippen molar-refractivity contribution in [3.05, 3.63) is 68.9 Å². The van der Waals surface area contributed by atoms with Crippen LogP contribution in [0.5, 0.6) is 5.88 Å². The summed E-state index contributed by atoms with van der Waals surface area (Å²) in [6, 6.07) is 11.6. The summed E-state index contributed by atoms with van der Waals surface area (Å²) < 4.78 is 51.4. The Morgan fingerprint density at radius 1 is 1.04 bits per heavy atom. The lowest BCUT2D eigenvalue weighted by Gasteiger charge is -2.23. The fourth-order valence-corrected chi connectivity index (χ4v) is 5.62. The van der Waals surface area contributed by atoms with Gasteiger partial charge in [0.25, 0.3) is 0 Å². The van der Waals surface area contributed by atoms with Crippen molar-refractivity contribution in [1.29, 1.82) is 0 Å². The van der Waals surface area contributed by atoms with Crippen LogP contribution in [0.2, 0.25) is 0 Å². The molecule has 0 fully saturated rings. The highest BCUT2D eigenvalue weighted by atomic mass is 79.9. The molecule has 3 heterocycles. The first-order chi connectivity index (χ1) is 20.9. The van der Waals surface area contributed by atoms with E-state index in [1.807, 2.05) is 65.8 Å². The fourth-order valence-electron chi connectivity index (χ4n) is 5.11. The first-order valence-electron chi connectivity index (χ1n) is 15.0. The molecule has 4 rings (SSSR count). The monoisotopic (exact) mass is 692 g/mol. The summed E-state index contributed by atoms with van der Waals surface area (Å²) in [6.45, 7) is 13.3. The molecule has 0 amide bonds. The van der Waals surface area contributed by atoms with Gasteiger partial charge in [0.05, 0.1) is 24.3 Å². The molecule has 0 saturated heterocycles. The van der Waals surface area contributed by atoms with Gasteiger partial charge in [-0.2, -0.15) is 18.3 Å². The average Bonchev–Trinajstić information content (AvgIpc) is 3.34. The van der Waals surface area contributed by atoms with E-state index in [9.17, 15) is 22.8 Å². The van der Waals surface area contributed by atoms with E-state index < -0.39 is 36.0 Å². The van der Waals surface area contributed by atoms with Crippen molar-refractivity contribution in [3.63, 3.8) is 0 Å². The van der Waals surface area contributed by atoms with Crippen LogP contribution in [-0.2, 0) is 44.5 Å². The molecule has 12 heteroatoms. The van der Waals surface area contributed by atoms with Crippen molar-refractivity contribution in [2.75, 3.05) is 18.5 Å². The van der Waals surface area contributed by atoms with Crippen LogP contribution < -0.4 is 10.1 Å². The number of ether oxygens (including phenoxy) is 2. The SMILES string of the molecule is CC(C)(C)c1cc(Br)cc(C(CC(=O)OC(=O)C(F)(F)F)Cc2cc(OCCc3ccc4c(n3)NCCC4)n(C(C)(C)C)n2)c1. The third kappa shape index (κ3) is 9.31. The molecule has 2 aromatic heterocycles. The quantitative estimate of drug-likeness (QED) is 0.184. The molecule has 0 radical (unpaired) electrons. The van der Waals surface area contributed by atoms with Crippen molar-refractivity contribution < 1.29 is 32.2 Å². The molecule has 0 bridgehead atoms. The van der Waals surface area contributed by atoms with Crippen molar-refractivity contribution in [3.8, 4) is 5.88 Å². The summed E-state index contributed by atoms with van der Waals surface area (Å²) in [5.41, 5.74) is 3.66. The molecule has 1 N–H and O–H groups in total. The van der Waals surface area contributed by atoms with Crippen molar-refractivity contribution in [2.45, 2.75) is 96.7 Å². The average molecular weight is 694 g/mol. The zero-order chi connectivity index (χ0) is 33.2. The summed E-state index contributed by atoms with van der Waals surface area (Å²) in [6.07, 6.45) is -2.87. The highest BCUT2D eigenvalue weighted by Gasteiger charge is 2.42. The maximum Gasteiger partial charge on any atom is 0.491 e. The second-order valence-electron chi connectivity index (χ2n) is 13.4. The zero-order valence-corrected chi connectivity index (χ0v) is 28.1. The predicted molar refractivity (Wildman–Crippen MR) is 169 cm³/mol. The number of benzene rings is 1. The Morgan fingerprint density at radius 3 is 2.44 bits per heavy atom. The molecular formula is C33H40BrF3N4O4. The van der Waals surface area contributed by atoms with E-state index in [2.05, 4.69) is 32.0 Å². The lowest BCUT2D eigenvalue weighted by atomic mass is 9.83. The molecule has 0 spiro atoms. The second kappa shape index (κ2) is 13.5. The first kappa shape index (κ1) is 34.5. The lowest BCUT2D eigenvalue weighted by molar-refractivity contribution is -0.202. The molecule has 1 aromatic carbocycles. The van der Waals surface area contributed by atoms with Gasteiger partial charge in [0.15, 0.2) is 0 Å². The smallest absolute Gasteiger partial charge is 0.477 e. The van der Waals surface area contributed by atoms with Gasteiger partial charge in [-0.3, -0.25) is 4.79 Å². The molecule has 1 aliphatic heterocycles. The molecule has 0 aliphatic carbocycles. The second-order valence-corrected chi connectivity index (χ2v) is 14.3. The van der Waals surface area contributed by atoms with Crippen molar-refractivity contribution >= 4 is 33.7 Å². The van der Waals surface area contributed by atoms with Crippen LogP contribution in [0, 0.1) is 0 Å². The van der Waals surface area contributed by atoms with Crippen molar-refractivity contribution in [2.24, 2.45) is 0 Å². The van der Waals surface area contributed by atoms with E-state index in [1.165, 1.54) is 5.56 Å². The Kier molecular flexibility index (Phi) is 10.4. The first-order valence-corrected chi connectivity index (χ1v) is 15.8. The van der Waals surface area contributed by atoms with Gasteiger partial charge in [-0.15, -0.1) is 0 Å². The summed E-state index contributed by atoms with van der Waals surface area (Å²) in [7, 11) is 0. The van der Waals surface area contributed by atoms with E-state index in [-0.39, 0.29) is 11.8 Å². The molecule has 1 atom stereocenters. The molecule has 1 aliphatic rings. The van der Waals surface area contributed by atoms with Gasteiger partial charge < -0.3 is 14.8 Å². The predicted octanol–water partition coefficient (Wildman–Crippen LogP) is 7.42. The Bertz CT molecular complexity index is 1540. The number of esters is 2. The van der Waals surface area contributed by atoms with Gasteiger partial charge in [-0.05, 0) is 86.3 Å². The molecule has 244 valence electrons. The van der Waals surface area contributed by atoms with Gasteiger partial charge in [0.1, 0.15) is 5.82 Å². The highest BCUT2D eigenvalue weighted by Crippen LogP contribution is 2.34. The van der Waals surface area contributed by atoms with Crippen LogP contribution in [0.3, 0.4) is 0 Å². The fraction of sp³-hybridized carbons (Fsp3) is 0.515. The Balaban J connectivity index is 1.59. The number of anilines is 1. The molecule has 45 heavy (non-hydrogen) atoms. The van der Waals surface area contributed by atoms with Gasteiger partial charge in [-0.1, -0.05) is 48.8 Å². The van der Waals surface area contributed by atoms with E-state index in [0.717, 1.165) is 40.9 Å². The van der Waals surface area contributed by atoms with Gasteiger partial charge in [0.2, 0.25) is 5.88 Å². The number of nitrogens with one attached hydrogen (secondary N) is 1. The number of hydrogen-bond donors (Lipinski definition) is 1. The van der Waals surface area contributed by atoms with E-state index in [1.54, 1.807) is 10.7 Å². The number of carbonyl (C=O) groups is 2. The summed E-state index contributed by atoms with van der Waals surface area (Å²) in [5, 5.41) is 8.13. The van der Waals surface area contributed by atoms with E-state index in [4.69, 9.17) is 14.8 Å². The number of pyridine rings is 1. The highest BCUT2D eigenvalue weighted by molar-refractivity contribution is 9.10. The van der Waals surface area contributed by atoms with Gasteiger partial charge >= 0.3 is 18.1 Å². The topological polar surface area (TPSA) is 95.3 Å². The van der Waals surface area contributed by atoms with Crippen LogP contribution in [0.1, 0.15) is 88.4 Å². The molecule has 8 nitrogen and oxygen atoms in total. The number of fused-ring (bicyclic) bond motifs is 1. The number of rotatable bonds is 9. The lowest BCUT2D eigenvalue weighted by Crippen LogP contribution is -2.28. The third-order valence-corrected chi connectivity index (χ3v) is 7.94. The minimum Gasteiger partial charge on any atom is -0.477 e. The summed E-state index contributed by atoms with van der Waals surface area (Å²) in [4.78, 5) is 28.8. The van der Waals surface area contributed by atoms with Crippen LogP contribution in [-0.4, -0.2) is 46.0 Å². The minimum atomic E-state index is -5.27. The maximum atomic E-state index is 12.8. The number of alkyl halides is 3. The number of carbonyl (C=O) groups excluding carboxylic acids is 2. The van der Waals surface area contributed by atoms with E-state index >= 15 is 0 Å². The number of hydrogen-bond acceptors (Lipinski definition) is 7. The van der Waals surface area contributed by atoms with Gasteiger partial charge in [-0.25, -0.2) is 14.5 Å². The number of aryl methyl sites for hydroxylation is 1. The van der Waals surface area contributed by atoms with Crippen LogP contribution >= 0.6 is 15.9 Å². The number of aromatic nitrogens is 3. The van der Waals surface area contributed by atoms with Crippen LogP contribution in [0.15, 0.2) is 40.9 Å². The summed E-state index contributed by atoms with van der Waals surface area (Å²) in [5.74, 6) is -3.00. The normalized spacial score (nSPS) is 14.4. The Morgan fingerprint density at radius 2 is 1.78 bits per heavy atom. The standard InChI is InChI=1S/C33H40BrF3N4O4/c1-31(2,3)23-14-21(15-24(34)18-23)22(17-28(42)45-30(43)33(35,36)37)16-26-19-27(41(40-26)32(4,5)6)44-13-11-25-10-9-20-8-7-12-38-29(20)39-25/h9-10,14-15,18-19,22H,7-8,11-13,16-17H2,1-6H3,(H,38,39). The Labute approximate surface area is 270 Å². The van der Waals surface area contributed by atoms with Crippen molar-refractivity contribution in [1.82, 2.24) is 14.8 Å². The molecule has 0 saturated carbocycles. The summed E-state index contributed by atoms with van der Waals surface area (Å²) >= 11 is 3.53. The van der Waals surface area contributed by atoms with Crippen LogP contribution in [0.25, 0.3) is 0 Å². The molecular weight excluding hydrogens is 653 g/mol. The molecule has 3 aromatic rings. The largest absolute Gasteiger partial charge is 0.491 e. The zero-order valence-electron chi connectivity index (χ0n) is 26.5.